The van der Waals surface area contributed by atoms with Gasteiger partial charge in [0.2, 0.25) is 6.79 Å². The molecule has 1 saturated heterocycles. The van der Waals surface area contributed by atoms with Crippen LogP contribution in [0.25, 0.3) is 11.8 Å². The van der Waals surface area contributed by atoms with E-state index in [1.54, 1.807) is 0 Å². The van der Waals surface area contributed by atoms with Gasteiger partial charge >= 0.3 is 0 Å². The SMILES string of the molecule is Cc1cccc(C)c1-n1nnnc1[C@@H](c1cccc2c1OCO2)N1CCN(C/C=C/c2ccccc2)CC1. The minimum Gasteiger partial charge on any atom is -0.454 e. The summed E-state index contributed by atoms with van der Waals surface area (Å²) in [4.78, 5) is 4.95. The molecule has 8 heteroatoms. The summed E-state index contributed by atoms with van der Waals surface area (Å²) in [5.41, 5.74) is 5.53. The van der Waals surface area contributed by atoms with Crippen molar-refractivity contribution in [3.63, 3.8) is 0 Å². The van der Waals surface area contributed by atoms with Gasteiger partial charge < -0.3 is 9.47 Å². The van der Waals surface area contributed by atoms with Crippen molar-refractivity contribution in [3.05, 3.63) is 101 Å². The molecule has 2 aliphatic rings. The van der Waals surface area contributed by atoms with Crippen molar-refractivity contribution in [2.24, 2.45) is 0 Å². The fraction of sp³-hybridized carbons (Fsp3) is 0.300. The van der Waals surface area contributed by atoms with E-state index in [9.17, 15) is 0 Å². The largest absolute Gasteiger partial charge is 0.454 e. The van der Waals surface area contributed by atoms with Gasteiger partial charge in [0.25, 0.3) is 0 Å². The minimum absolute atomic E-state index is 0.178. The van der Waals surface area contributed by atoms with Gasteiger partial charge in [0.1, 0.15) is 6.04 Å². The number of tetrazole rings is 1. The van der Waals surface area contributed by atoms with Crippen LogP contribution in [0.3, 0.4) is 0 Å². The lowest BCUT2D eigenvalue weighted by atomic mass is 10.0. The molecule has 0 radical (unpaired) electrons. The van der Waals surface area contributed by atoms with Crippen molar-refractivity contribution in [2.75, 3.05) is 39.5 Å². The summed E-state index contributed by atoms with van der Waals surface area (Å²) in [7, 11) is 0. The van der Waals surface area contributed by atoms with Crippen LogP contribution in [0.15, 0.2) is 72.8 Å². The Balaban J connectivity index is 1.29. The van der Waals surface area contributed by atoms with E-state index in [1.165, 1.54) is 5.56 Å². The number of fused-ring (bicyclic) bond motifs is 1. The zero-order chi connectivity index (χ0) is 25.9. The van der Waals surface area contributed by atoms with Crippen molar-refractivity contribution in [1.82, 2.24) is 30.0 Å². The number of aryl methyl sites for hydroxylation is 2. The van der Waals surface area contributed by atoms with E-state index in [1.807, 2.05) is 22.9 Å². The highest BCUT2D eigenvalue weighted by atomic mass is 16.7. The average Bonchev–Trinajstić information content (AvgIpc) is 3.61. The van der Waals surface area contributed by atoms with Gasteiger partial charge in [0, 0.05) is 38.3 Å². The van der Waals surface area contributed by atoms with Crippen molar-refractivity contribution >= 4 is 6.08 Å². The molecule has 3 aromatic carbocycles. The van der Waals surface area contributed by atoms with Crippen molar-refractivity contribution in [3.8, 4) is 17.2 Å². The molecule has 8 nitrogen and oxygen atoms in total. The summed E-state index contributed by atoms with van der Waals surface area (Å²) in [5, 5.41) is 13.2. The van der Waals surface area contributed by atoms with E-state index in [0.29, 0.717) is 0 Å². The van der Waals surface area contributed by atoms with E-state index in [4.69, 9.17) is 9.47 Å². The Morgan fingerprint density at radius 1 is 0.868 bits per heavy atom. The number of benzene rings is 3. The van der Waals surface area contributed by atoms with Gasteiger partial charge in [-0.15, -0.1) is 5.10 Å². The minimum atomic E-state index is -0.178. The van der Waals surface area contributed by atoms with E-state index in [0.717, 1.165) is 72.4 Å². The number of piperazine rings is 1. The highest BCUT2D eigenvalue weighted by Gasteiger charge is 2.35. The fourth-order valence-corrected chi connectivity index (χ4v) is 5.44. The Morgan fingerprint density at radius 2 is 1.63 bits per heavy atom. The van der Waals surface area contributed by atoms with E-state index < -0.39 is 0 Å². The highest BCUT2D eigenvalue weighted by Crippen LogP contribution is 2.42. The second-order valence-corrected chi connectivity index (χ2v) is 9.82. The third-order valence-electron chi connectivity index (χ3n) is 7.36. The molecule has 0 aliphatic carbocycles. The van der Waals surface area contributed by atoms with E-state index in [2.05, 4.69) is 99.9 Å². The predicted molar refractivity (Wildman–Crippen MR) is 147 cm³/mol. The summed E-state index contributed by atoms with van der Waals surface area (Å²) in [6.45, 7) is 9.01. The standard InChI is InChI=1S/C30H32N6O2/c1-22-9-6-10-23(2)27(22)36-30(31-32-33-36)28(25-14-7-15-26-29(25)38-21-37-26)35-19-17-34(18-20-35)16-8-13-24-11-4-3-5-12-24/h3-15,28H,16-21H2,1-2H3/b13-8+/t28-/m1/s1. The van der Waals surface area contributed by atoms with Gasteiger partial charge in [-0.3, -0.25) is 9.80 Å². The summed E-state index contributed by atoms with van der Waals surface area (Å²) < 4.78 is 13.6. The Morgan fingerprint density at radius 3 is 2.42 bits per heavy atom. The molecule has 0 unspecified atom stereocenters. The van der Waals surface area contributed by atoms with Crippen LogP contribution in [-0.2, 0) is 0 Å². The molecule has 194 valence electrons. The molecule has 0 amide bonds. The number of para-hydroxylation sites is 2. The topological polar surface area (TPSA) is 68.5 Å². The van der Waals surface area contributed by atoms with Gasteiger partial charge in [-0.25, -0.2) is 0 Å². The second-order valence-electron chi connectivity index (χ2n) is 9.82. The molecule has 4 aromatic rings. The lowest BCUT2D eigenvalue weighted by molar-refractivity contribution is 0.111. The van der Waals surface area contributed by atoms with Gasteiger partial charge in [-0.05, 0) is 47.0 Å². The maximum Gasteiger partial charge on any atom is 0.231 e. The molecule has 3 heterocycles. The number of nitrogens with zero attached hydrogens (tertiary/aromatic N) is 6. The Labute approximate surface area is 223 Å². The number of aromatic nitrogens is 4. The third kappa shape index (κ3) is 4.80. The van der Waals surface area contributed by atoms with Gasteiger partial charge in [-0.2, -0.15) is 4.68 Å². The molecule has 1 aromatic heterocycles. The molecular formula is C30H32N6O2. The van der Waals surface area contributed by atoms with Crippen LogP contribution in [0.4, 0.5) is 0 Å². The highest BCUT2D eigenvalue weighted by molar-refractivity contribution is 5.53. The third-order valence-corrected chi connectivity index (χ3v) is 7.36. The zero-order valence-electron chi connectivity index (χ0n) is 21.8. The fourth-order valence-electron chi connectivity index (χ4n) is 5.44. The number of rotatable bonds is 7. The van der Waals surface area contributed by atoms with E-state index in [-0.39, 0.29) is 12.8 Å². The maximum atomic E-state index is 5.96. The molecule has 1 fully saturated rings. The molecule has 6 rings (SSSR count). The van der Waals surface area contributed by atoms with Gasteiger partial charge in [-0.1, -0.05) is 72.8 Å². The van der Waals surface area contributed by atoms with Gasteiger partial charge in [0.15, 0.2) is 17.3 Å². The number of ether oxygens (including phenoxy) is 2. The average molecular weight is 509 g/mol. The first kappa shape index (κ1) is 24.3. The lowest BCUT2D eigenvalue weighted by Crippen LogP contribution is -2.48. The van der Waals surface area contributed by atoms with E-state index >= 15 is 0 Å². The maximum absolute atomic E-state index is 5.96. The van der Waals surface area contributed by atoms with Crippen molar-refractivity contribution < 1.29 is 9.47 Å². The van der Waals surface area contributed by atoms with Crippen molar-refractivity contribution in [2.45, 2.75) is 19.9 Å². The summed E-state index contributed by atoms with van der Waals surface area (Å²) in [6.07, 6.45) is 4.44. The normalized spacial score (nSPS) is 16.8. The Kier molecular flexibility index (Phi) is 6.90. The smallest absolute Gasteiger partial charge is 0.231 e. The van der Waals surface area contributed by atoms with Crippen molar-refractivity contribution in [1.29, 1.82) is 0 Å². The summed E-state index contributed by atoms with van der Waals surface area (Å²) >= 11 is 0. The number of hydrogen-bond acceptors (Lipinski definition) is 7. The molecular weight excluding hydrogens is 476 g/mol. The Hall–Kier alpha value is -4.01. The first-order valence-electron chi connectivity index (χ1n) is 13.1. The van der Waals surface area contributed by atoms with Crippen LogP contribution in [0.5, 0.6) is 11.5 Å². The molecule has 0 N–H and O–H groups in total. The molecule has 38 heavy (non-hydrogen) atoms. The summed E-state index contributed by atoms with van der Waals surface area (Å²) in [5.74, 6) is 2.33. The van der Waals surface area contributed by atoms with Crippen LogP contribution in [-0.4, -0.2) is 69.5 Å². The molecule has 0 saturated carbocycles. The molecule has 0 bridgehead atoms. The van der Waals surface area contributed by atoms with Crippen LogP contribution in [0.1, 0.15) is 34.1 Å². The second kappa shape index (κ2) is 10.8. The molecule has 0 spiro atoms. The summed E-state index contributed by atoms with van der Waals surface area (Å²) in [6, 6.07) is 22.6. The first-order chi connectivity index (χ1) is 18.7. The first-order valence-corrected chi connectivity index (χ1v) is 13.1. The van der Waals surface area contributed by atoms with Crippen LogP contribution < -0.4 is 9.47 Å². The predicted octanol–water partition coefficient (Wildman–Crippen LogP) is 4.43. The monoisotopic (exact) mass is 508 g/mol. The van der Waals surface area contributed by atoms with Gasteiger partial charge in [0.05, 0.1) is 5.69 Å². The van der Waals surface area contributed by atoms with Crippen LogP contribution >= 0.6 is 0 Å². The Bertz CT molecular complexity index is 1410. The molecule has 1 atom stereocenters. The van der Waals surface area contributed by atoms with Crippen LogP contribution in [0.2, 0.25) is 0 Å². The molecule has 2 aliphatic heterocycles. The quantitative estimate of drug-likeness (QED) is 0.366. The van der Waals surface area contributed by atoms with Crippen LogP contribution in [0, 0.1) is 13.8 Å². The number of hydrogen-bond donors (Lipinski definition) is 0. The lowest BCUT2D eigenvalue weighted by Gasteiger charge is -2.38. The zero-order valence-corrected chi connectivity index (χ0v) is 21.8.